The Labute approximate surface area is 141 Å². The van der Waals surface area contributed by atoms with Crippen molar-refractivity contribution in [3.63, 3.8) is 0 Å². The lowest BCUT2D eigenvalue weighted by Crippen LogP contribution is -2.36. The van der Waals surface area contributed by atoms with Gasteiger partial charge >= 0.3 is 5.97 Å². The van der Waals surface area contributed by atoms with Gasteiger partial charge in [-0.1, -0.05) is 43.0 Å². The van der Waals surface area contributed by atoms with Crippen LogP contribution in [0.5, 0.6) is 0 Å². The van der Waals surface area contributed by atoms with E-state index in [0.29, 0.717) is 18.1 Å². The first-order valence-corrected chi connectivity index (χ1v) is 8.71. The number of likely N-dealkylation sites (tertiary alicyclic amines) is 1. The zero-order valence-electron chi connectivity index (χ0n) is 13.1. The number of carbonyl (C=O) groups is 2. The van der Waals surface area contributed by atoms with Crippen LogP contribution in [0.15, 0.2) is 24.3 Å². The number of carboxylic acids is 1. The molecular weight excluding hydrogens is 314 g/mol. The predicted molar refractivity (Wildman–Crippen MR) is 88.5 cm³/mol. The number of carbonyl (C=O) groups excluding carboxylic acids is 1. The van der Waals surface area contributed by atoms with Crippen molar-refractivity contribution in [3.8, 4) is 0 Å². The summed E-state index contributed by atoms with van der Waals surface area (Å²) in [5, 5.41) is 10.2. The van der Waals surface area contributed by atoms with E-state index in [0.717, 1.165) is 31.2 Å². The van der Waals surface area contributed by atoms with Crippen molar-refractivity contribution in [1.82, 2.24) is 4.90 Å². The Balaban J connectivity index is 1.76. The van der Waals surface area contributed by atoms with Gasteiger partial charge in [0.25, 0.3) is 0 Å². The number of carboxylic acid groups (broad SMARTS) is 1. The highest BCUT2D eigenvalue weighted by atomic mass is 35.5. The van der Waals surface area contributed by atoms with E-state index in [-0.39, 0.29) is 17.7 Å². The van der Waals surface area contributed by atoms with E-state index in [1.165, 1.54) is 6.42 Å². The number of rotatable bonds is 3. The predicted octanol–water partition coefficient (Wildman–Crippen LogP) is 3.55. The first kappa shape index (κ1) is 16.3. The molecule has 1 saturated heterocycles. The van der Waals surface area contributed by atoms with Crippen molar-refractivity contribution in [3.05, 3.63) is 34.9 Å². The quantitative estimate of drug-likeness (QED) is 0.919. The smallest absolute Gasteiger partial charge is 0.308 e. The van der Waals surface area contributed by atoms with Crippen molar-refractivity contribution in [1.29, 1.82) is 0 Å². The Bertz CT molecular complexity index is 580. The summed E-state index contributed by atoms with van der Waals surface area (Å²) in [6, 6.07) is 7.30. The molecule has 2 aliphatic rings. The van der Waals surface area contributed by atoms with Gasteiger partial charge in [-0.25, -0.2) is 0 Å². The highest BCUT2D eigenvalue weighted by Crippen LogP contribution is 2.35. The summed E-state index contributed by atoms with van der Waals surface area (Å²) in [6.07, 6.45) is 5.30. The second-order valence-electron chi connectivity index (χ2n) is 6.68. The molecule has 1 aromatic carbocycles. The van der Waals surface area contributed by atoms with Crippen LogP contribution >= 0.6 is 11.6 Å². The fourth-order valence-electron chi connectivity index (χ4n) is 3.89. The summed E-state index contributed by atoms with van der Waals surface area (Å²) in [5.74, 6) is -1.29. The van der Waals surface area contributed by atoms with E-state index in [1.54, 1.807) is 17.0 Å². The molecule has 0 spiro atoms. The lowest BCUT2D eigenvalue weighted by molar-refractivity contribution is -0.142. The standard InChI is InChI=1S/C18H22ClNO3/c19-14-8-6-12(7-9-14)15-10-20(11-16(15)18(22)23)17(21)13-4-2-1-3-5-13/h6-9,13,15-16H,1-5,10-11H2,(H,22,23)/t15-,16+/m0/s1. The number of hydrogen-bond acceptors (Lipinski definition) is 2. The molecule has 1 N–H and O–H groups in total. The van der Waals surface area contributed by atoms with Crippen LogP contribution in [0.3, 0.4) is 0 Å². The van der Waals surface area contributed by atoms with Gasteiger partial charge in [0.1, 0.15) is 0 Å². The molecule has 2 atom stereocenters. The molecule has 0 radical (unpaired) electrons. The van der Waals surface area contributed by atoms with Crippen molar-refractivity contribution in [2.75, 3.05) is 13.1 Å². The van der Waals surface area contributed by atoms with Gasteiger partial charge in [0, 0.05) is 29.9 Å². The van der Waals surface area contributed by atoms with E-state index in [4.69, 9.17) is 11.6 Å². The molecule has 1 aliphatic carbocycles. The summed E-state index contributed by atoms with van der Waals surface area (Å²) in [5.41, 5.74) is 0.945. The second-order valence-corrected chi connectivity index (χ2v) is 7.12. The number of amides is 1. The Hall–Kier alpha value is -1.55. The third kappa shape index (κ3) is 3.52. The Morgan fingerprint density at radius 1 is 1.04 bits per heavy atom. The Kier molecular flexibility index (Phi) is 4.90. The van der Waals surface area contributed by atoms with Gasteiger partial charge in [-0.2, -0.15) is 0 Å². The second kappa shape index (κ2) is 6.91. The largest absolute Gasteiger partial charge is 0.481 e. The monoisotopic (exact) mass is 335 g/mol. The maximum Gasteiger partial charge on any atom is 0.308 e. The molecule has 0 bridgehead atoms. The van der Waals surface area contributed by atoms with Gasteiger partial charge in [0.05, 0.1) is 5.92 Å². The molecule has 1 amide bonds. The van der Waals surface area contributed by atoms with Crippen LogP contribution in [0.2, 0.25) is 5.02 Å². The molecule has 1 saturated carbocycles. The molecule has 2 fully saturated rings. The number of hydrogen-bond donors (Lipinski definition) is 1. The third-order valence-corrected chi connectivity index (χ3v) is 5.45. The minimum Gasteiger partial charge on any atom is -0.481 e. The van der Waals surface area contributed by atoms with Crippen LogP contribution in [0.25, 0.3) is 0 Å². The van der Waals surface area contributed by atoms with Gasteiger partial charge < -0.3 is 10.0 Å². The van der Waals surface area contributed by atoms with Crippen LogP contribution in [0.4, 0.5) is 0 Å². The van der Waals surface area contributed by atoms with E-state index in [1.807, 2.05) is 12.1 Å². The van der Waals surface area contributed by atoms with Crippen LogP contribution in [-0.4, -0.2) is 35.0 Å². The highest BCUT2D eigenvalue weighted by Gasteiger charge is 2.41. The number of nitrogens with zero attached hydrogens (tertiary/aromatic N) is 1. The van der Waals surface area contributed by atoms with Crippen molar-refractivity contribution < 1.29 is 14.7 Å². The summed E-state index contributed by atoms with van der Waals surface area (Å²) in [4.78, 5) is 26.1. The molecule has 1 aromatic rings. The molecule has 4 nitrogen and oxygen atoms in total. The van der Waals surface area contributed by atoms with Gasteiger partial charge in [0.15, 0.2) is 0 Å². The van der Waals surface area contributed by atoms with Crippen molar-refractivity contribution in [2.45, 2.75) is 38.0 Å². The topological polar surface area (TPSA) is 57.6 Å². The van der Waals surface area contributed by atoms with Crippen LogP contribution < -0.4 is 0 Å². The van der Waals surface area contributed by atoms with Crippen LogP contribution in [0, 0.1) is 11.8 Å². The fraction of sp³-hybridized carbons (Fsp3) is 0.556. The molecule has 3 rings (SSSR count). The first-order chi connectivity index (χ1) is 11.1. The van der Waals surface area contributed by atoms with Crippen molar-refractivity contribution in [2.24, 2.45) is 11.8 Å². The first-order valence-electron chi connectivity index (χ1n) is 8.33. The molecule has 0 aromatic heterocycles. The Morgan fingerprint density at radius 2 is 1.70 bits per heavy atom. The summed E-state index contributed by atoms with van der Waals surface area (Å²) < 4.78 is 0. The SMILES string of the molecule is O=C(O)[C@@H]1CN(C(=O)C2CCCCC2)C[C@H]1c1ccc(Cl)cc1. The number of aliphatic carboxylic acids is 1. The van der Waals surface area contributed by atoms with Gasteiger partial charge in [-0.15, -0.1) is 0 Å². The minimum absolute atomic E-state index is 0.0853. The summed E-state index contributed by atoms with van der Waals surface area (Å²) in [7, 11) is 0. The van der Waals surface area contributed by atoms with E-state index in [9.17, 15) is 14.7 Å². The van der Waals surface area contributed by atoms with Crippen LogP contribution in [0.1, 0.15) is 43.6 Å². The van der Waals surface area contributed by atoms with Gasteiger partial charge in [0.2, 0.25) is 5.91 Å². The summed E-state index contributed by atoms with van der Waals surface area (Å²) >= 11 is 5.92. The molecule has 5 heteroatoms. The van der Waals surface area contributed by atoms with Gasteiger partial charge in [-0.3, -0.25) is 9.59 Å². The Morgan fingerprint density at radius 3 is 2.30 bits per heavy atom. The van der Waals surface area contributed by atoms with E-state index < -0.39 is 11.9 Å². The van der Waals surface area contributed by atoms with Crippen molar-refractivity contribution >= 4 is 23.5 Å². The fourth-order valence-corrected chi connectivity index (χ4v) is 4.02. The number of halogens is 1. The average molecular weight is 336 g/mol. The maximum absolute atomic E-state index is 12.7. The molecule has 1 heterocycles. The number of benzene rings is 1. The summed E-state index contributed by atoms with van der Waals surface area (Å²) in [6.45, 7) is 0.811. The maximum atomic E-state index is 12.7. The zero-order valence-corrected chi connectivity index (χ0v) is 13.8. The molecule has 23 heavy (non-hydrogen) atoms. The van der Waals surface area contributed by atoms with Crippen LogP contribution in [-0.2, 0) is 9.59 Å². The normalized spacial score (nSPS) is 25.5. The molecular formula is C18H22ClNO3. The molecule has 0 unspecified atom stereocenters. The lowest BCUT2D eigenvalue weighted by atomic mass is 9.88. The lowest BCUT2D eigenvalue weighted by Gasteiger charge is -2.26. The highest BCUT2D eigenvalue weighted by molar-refractivity contribution is 6.30. The molecule has 1 aliphatic heterocycles. The average Bonchev–Trinajstić information content (AvgIpc) is 3.01. The third-order valence-electron chi connectivity index (χ3n) is 5.20. The zero-order chi connectivity index (χ0) is 16.4. The van der Waals surface area contributed by atoms with E-state index >= 15 is 0 Å². The van der Waals surface area contributed by atoms with Gasteiger partial charge in [-0.05, 0) is 30.5 Å². The minimum atomic E-state index is -0.830. The molecule has 124 valence electrons. The van der Waals surface area contributed by atoms with E-state index in [2.05, 4.69) is 0 Å².